The van der Waals surface area contributed by atoms with Crippen LogP contribution in [-0.2, 0) is 13.7 Å². The van der Waals surface area contributed by atoms with Gasteiger partial charge in [0.25, 0.3) is 0 Å². The maximum atomic E-state index is 14.6. The molecule has 0 aliphatic heterocycles. The largest absolute Gasteiger partial charge is 0.492 e. The van der Waals surface area contributed by atoms with E-state index in [-0.39, 0.29) is 6.61 Å². The van der Waals surface area contributed by atoms with Crippen molar-refractivity contribution in [2.45, 2.75) is 6.61 Å². The van der Waals surface area contributed by atoms with Gasteiger partial charge in [0.1, 0.15) is 23.7 Å². The van der Waals surface area contributed by atoms with Crippen LogP contribution in [0, 0.1) is 5.82 Å². The van der Waals surface area contributed by atoms with Gasteiger partial charge in [0.05, 0.1) is 40.7 Å². The molecule has 0 aliphatic rings. The lowest BCUT2D eigenvalue weighted by Gasteiger charge is -2.12. The number of nitrogens with zero attached hydrogens (tertiary/aromatic N) is 7. The second-order valence-corrected chi connectivity index (χ2v) is 9.48. The van der Waals surface area contributed by atoms with E-state index in [9.17, 15) is 9.50 Å². The van der Waals surface area contributed by atoms with Crippen LogP contribution in [0.4, 0.5) is 4.39 Å². The van der Waals surface area contributed by atoms with Crippen LogP contribution < -0.4 is 4.74 Å². The Balaban J connectivity index is 1.41. The number of halogens is 1. The molecular formula is C27H26FN9O2. The van der Waals surface area contributed by atoms with E-state index in [0.29, 0.717) is 69.5 Å². The Morgan fingerprint density at radius 2 is 1.92 bits per heavy atom. The van der Waals surface area contributed by atoms with Crippen LogP contribution in [0.15, 0.2) is 48.9 Å². The summed E-state index contributed by atoms with van der Waals surface area (Å²) in [5, 5.41) is 21.5. The number of rotatable bonds is 8. The normalized spacial score (nSPS) is 11.7. The fourth-order valence-electron chi connectivity index (χ4n) is 4.48. The van der Waals surface area contributed by atoms with Crippen LogP contribution in [0.25, 0.3) is 56.0 Å². The molecule has 0 atom stereocenters. The van der Waals surface area contributed by atoms with E-state index >= 15 is 0 Å². The molecule has 0 amide bonds. The summed E-state index contributed by atoms with van der Waals surface area (Å²) >= 11 is 0. The van der Waals surface area contributed by atoms with Crippen molar-refractivity contribution in [1.29, 1.82) is 0 Å². The smallest absolute Gasteiger partial charge is 0.161 e. The number of benzene rings is 1. The molecule has 5 aromatic heterocycles. The molecule has 0 fully saturated rings. The van der Waals surface area contributed by atoms with Gasteiger partial charge in [-0.1, -0.05) is 0 Å². The Hall–Kier alpha value is -4.68. The predicted octanol–water partition coefficient (Wildman–Crippen LogP) is 3.54. The van der Waals surface area contributed by atoms with Gasteiger partial charge < -0.3 is 19.7 Å². The van der Waals surface area contributed by atoms with Gasteiger partial charge in [-0.05, 0) is 43.9 Å². The van der Waals surface area contributed by atoms with Crippen molar-refractivity contribution in [3.63, 3.8) is 0 Å². The van der Waals surface area contributed by atoms with Crippen LogP contribution in [-0.4, -0.2) is 77.2 Å². The number of fused-ring (bicyclic) bond motifs is 2. The second-order valence-electron chi connectivity index (χ2n) is 9.48. The maximum absolute atomic E-state index is 14.6. The summed E-state index contributed by atoms with van der Waals surface area (Å²) in [4.78, 5) is 19.3. The molecule has 0 saturated carbocycles. The number of hydrogen-bond acceptors (Lipinski definition) is 8. The topological polar surface area (TPSA) is 134 Å². The average molecular weight is 528 g/mol. The number of imidazole rings is 1. The Labute approximate surface area is 222 Å². The van der Waals surface area contributed by atoms with E-state index in [0.717, 1.165) is 11.1 Å². The third-order valence-corrected chi connectivity index (χ3v) is 6.35. The minimum atomic E-state index is -0.409. The van der Waals surface area contributed by atoms with Crippen LogP contribution in [0.2, 0.25) is 0 Å². The number of ether oxygens (including phenoxy) is 1. The van der Waals surface area contributed by atoms with E-state index in [4.69, 9.17) is 14.7 Å². The first kappa shape index (κ1) is 24.6. The van der Waals surface area contributed by atoms with Gasteiger partial charge in [-0.15, -0.1) is 0 Å². The molecule has 0 aliphatic carbocycles. The SMILES string of the molecule is CN(C)CCOc1cc(F)cc(-c2cncc3[nH]c(-c4n[nH]c5ccc(-c6cn(C)nc6CO)nc45)nc23)c1. The monoisotopic (exact) mass is 527 g/mol. The summed E-state index contributed by atoms with van der Waals surface area (Å²) in [5.74, 6) is 0.516. The number of pyridine rings is 2. The van der Waals surface area contributed by atoms with Crippen molar-refractivity contribution in [2.75, 3.05) is 27.2 Å². The van der Waals surface area contributed by atoms with Crippen molar-refractivity contribution in [3.05, 3.63) is 60.4 Å². The van der Waals surface area contributed by atoms with Gasteiger partial charge in [-0.3, -0.25) is 14.8 Å². The first-order valence-corrected chi connectivity index (χ1v) is 12.3. The molecule has 39 heavy (non-hydrogen) atoms. The summed E-state index contributed by atoms with van der Waals surface area (Å²) in [6, 6.07) is 8.32. The van der Waals surface area contributed by atoms with E-state index in [2.05, 4.69) is 25.3 Å². The standard InChI is InChI=1S/C27H26FN9O2/c1-36(2)6-7-39-17-9-15(8-16(28)10-17)18-11-29-12-22-24(18)32-27(31-22)26-25-21(33-34-26)5-4-20(30-25)19-13-37(3)35-23(19)14-38/h4-5,8-13,38H,6-7,14H2,1-3H3,(H,31,32)(H,33,34). The summed E-state index contributed by atoms with van der Waals surface area (Å²) in [5.41, 5.74) is 6.33. The van der Waals surface area contributed by atoms with E-state index < -0.39 is 5.82 Å². The maximum Gasteiger partial charge on any atom is 0.161 e. The van der Waals surface area contributed by atoms with Gasteiger partial charge in [0.2, 0.25) is 0 Å². The van der Waals surface area contributed by atoms with E-state index in [1.165, 1.54) is 12.1 Å². The summed E-state index contributed by atoms with van der Waals surface area (Å²) < 4.78 is 22.0. The molecule has 198 valence electrons. The Morgan fingerprint density at radius 1 is 1.05 bits per heavy atom. The predicted molar refractivity (Wildman–Crippen MR) is 144 cm³/mol. The van der Waals surface area contributed by atoms with Crippen LogP contribution in [0.5, 0.6) is 5.75 Å². The number of aliphatic hydroxyl groups excluding tert-OH is 1. The number of aliphatic hydroxyl groups is 1. The molecule has 0 spiro atoms. The highest BCUT2D eigenvalue weighted by atomic mass is 19.1. The van der Waals surface area contributed by atoms with Crippen molar-refractivity contribution in [3.8, 4) is 39.7 Å². The van der Waals surface area contributed by atoms with Crippen LogP contribution in [0.3, 0.4) is 0 Å². The lowest BCUT2D eigenvalue weighted by atomic mass is 10.1. The number of likely N-dealkylation sites (N-methyl/N-ethyl adjacent to an activating group) is 1. The van der Waals surface area contributed by atoms with Gasteiger partial charge >= 0.3 is 0 Å². The van der Waals surface area contributed by atoms with Gasteiger partial charge in [0, 0.05) is 43.2 Å². The molecule has 12 heteroatoms. The minimum absolute atomic E-state index is 0.198. The molecule has 0 saturated heterocycles. The molecule has 0 unspecified atom stereocenters. The van der Waals surface area contributed by atoms with Gasteiger partial charge in [-0.2, -0.15) is 10.2 Å². The Morgan fingerprint density at radius 3 is 2.74 bits per heavy atom. The fourth-order valence-corrected chi connectivity index (χ4v) is 4.48. The van der Waals surface area contributed by atoms with Gasteiger partial charge in [0.15, 0.2) is 11.5 Å². The third kappa shape index (κ3) is 4.71. The quantitative estimate of drug-likeness (QED) is 0.274. The lowest BCUT2D eigenvalue weighted by Crippen LogP contribution is -2.19. The molecule has 5 heterocycles. The summed E-state index contributed by atoms with van der Waals surface area (Å²) in [6.45, 7) is 0.947. The highest BCUT2D eigenvalue weighted by Crippen LogP contribution is 2.33. The zero-order valence-corrected chi connectivity index (χ0v) is 21.6. The molecule has 3 N–H and O–H groups in total. The molecule has 11 nitrogen and oxygen atoms in total. The average Bonchev–Trinajstić information content (AvgIpc) is 3.63. The number of H-pyrrole nitrogens is 2. The minimum Gasteiger partial charge on any atom is -0.492 e. The third-order valence-electron chi connectivity index (χ3n) is 6.35. The van der Waals surface area contributed by atoms with Crippen LogP contribution >= 0.6 is 0 Å². The van der Waals surface area contributed by atoms with Crippen molar-refractivity contribution in [1.82, 2.24) is 44.8 Å². The zero-order valence-electron chi connectivity index (χ0n) is 21.6. The van der Waals surface area contributed by atoms with Gasteiger partial charge in [-0.25, -0.2) is 14.4 Å². The molecule has 6 rings (SSSR count). The zero-order chi connectivity index (χ0) is 27.1. The first-order chi connectivity index (χ1) is 18.9. The first-order valence-electron chi connectivity index (χ1n) is 12.3. The van der Waals surface area contributed by atoms with E-state index in [1.807, 2.05) is 37.3 Å². The molecular weight excluding hydrogens is 501 g/mol. The highest BCUT2D eigenvalue weighted by molar-refractivity contribution is 5.96. The number of nitrogens with one attached hydrogen (secondary N) is 2. The highest BCUT2D eigenvalue weighted by Gasteiger charge is 2.19. The summed E-state index contributed by atoms with van der Waals surface area (Å²) in [6.07, 6.45) is 5.14. The Kier molecular flexibility index (Phi) is 6.25. The summed E-state index contributed by atoms with van der Waals surface area (Å²) in [7, 11) is 5.69. The van der Waals surface area contributed by atoms with Crippen molar-refractivity contribution >= 4 is 22.1 Å². The molecule has 0 bridgehead atoms. The lowest BCUT2D eigenvalue weighted by molar-refractivity contribution is 0.260. The number of aromatic nitrogens is 8. The molecule has 1 aromatic carbocycles. The number of aryl methyl sites for hydroxylation is 1. The molecule has 0 radical (unpaired) electrons. The van der Waals surface area contributed by atoms with E-state index in [1.54, 1.807) is 30.2 Å². The van der Waals surface area contributed by atoms with Crippen LogP contribution in [0.1, 0.15) is 5.69 Å². The second kappa shape index (κ2) is 9.89. The van der Waals surface area contributed by atoms with Crippen molar-refractivity contribution in [2.24, 2.45) is 7.05 Å². The number of hydrogen-bond donors (Lipinski definition) is 3. The Bertz CT molecular complexity index is 1800. The fraction of sp³-hybridized carbons (Fsp3) is 0.222. The number of aromatic amines is 2. The molecule has 6 aromatic rings. The van der Waals surface area contributed by atoms with Crippen molar-refractivity contribution < 1.29 is 14.2 Å².